The number of benzene rings is 1. The fourth-order valence-electron chi connectivity index (χ4n) is 2.28. The number of aliphatic hydroxyl groups is 1. The summed E-state index contributed by atoms with van der Waals surface area (Å²) in [7, 11) is 0. The second kappa shape index (κ2) is 8.15. The highest BCUT2D eigenvalue weighted by molar-refractivity contribution is 5.98. The summed E-state index contributed by atoms with van der Waals surface area (Å²) in [5.41, 5.74) is -0.291. The average molecular weight is 327 g/mol. The molecule has 0 heterocycles. The maximum atomic E-state index is 13.5. The molecule has 0 bridgehead atoms. The Morgan fingerprint density at radius 3 is 2.39 bits per heavy atom. The number of aliphatic hydroxyl groups excluding tert-OH is 1. The van der Waals surface area contributed by atoms with Gasteiger partial charge in [-0.25, -0.2) is 8.78 Å². The molecule has 0 aliphatic heterocycles. The van der Waals surface area contributed by atoms with Gasteiger partial charge in [0.1, 0.15) is 11.6 Å². The van der Waals surface area contributed by atoms with Gasteiger partial charge >= 0.3 is 0 Å². The fourth-order valence-corrected chi connectivity index (χ4v) is 2.28. The van der Waals surface area contributed by atoms with E-state index in [1.807, 2.05) is 20.8 Å². The number of hydrogen-bond acceptors (Lipinski definition) is 3. The molecule has 1 aromatic rings. The van der Waals surface area contributed by atoms with Crippen molar-refractivity contribution < 1.29 is 23.5 Å². The molecule has 1 atom stereocenters. The van der Waals surface area contributed by atoms with Crippen molar-refractivity contribution in [3.8, 4) is 0 Å². The Bertz CT molecular complexity index is 567. The molecule has 128 valence electrons. The minimum atomic E-state index is -0.934. The summed E-state index contributed by atoms with van der Waals surface area (Å²) in [6.07, 6.45) is 0.300. The molecule has 1 rings (SSSR count). The van der Waals surface area contributed by atoms with Crippen LogP contribution in [0.3, 0.4) is 0 Å². The van der Waals surface area contributed by atoms with Gasteiger partial charge in [0.05, 0.1) is 18.2 Å². The van der Waals surface area contributed by atoms with E-state index in [2.05, 4.69) is 5.32 Å². The van der Waals surface area contributed by atoms with Crippen LogP contribution in [0.1, 0.15) is 50.4 Å². The minimum absolute atomic E-state index is 0.0618. The lowest BCUT2D eigenvalue weighted by molar-refractivity contribution is -0.122. The number of ketones is 1. The maximum absolute atomic E-state index is 13.5. The van der Waals surface area contributed by atoms with Crippen LogP contribution in [0.2, 0.25) is 0 Å². The van der Waals surface area contributed by atoms with Crippen molar-refractivity contribution in [1.82, 2.24) is 5.32 Å². The predicted octanol–water partition coefficient (Wildman–Crippen LogP) is 2.84. The SMILES string of the molecule is CC(C)(C)CC(CO)NC(=O)CCC(=O)c1ccc(F)cc1F. The van der Waals surface area contributed by atoms with Gasteiger partial charge in [-0.05, 0) is 24.0 Å². The van der Waals surface area contributed by atoms with Crippen LogP contribution in [-0.2, 0) is 4.79 Å². The summed E-state index contributed by atoms with van der Waals surface area (Å²) in [4.78, 5) is 23.7. The van der Waals surface area contributed by atoms with Crippen LogP contribution < -0.4 is 5.32 Å². The standard InChI is InChI=1S/C17H23F2NO3/c1-17(2,3)9-12(10-21)20-16(23)7-6-15(22)13-5-4-11(18)8-14(13)19/h4-5,8,12,21H,6-7,9-10H2,1-3H3,(H,20,23). The second-order valence-corrected chi connectivity index (χ2v) is 6.76. The second-order valence-electron chi connectivity index (χ2n) is 6.76. The zero-order chi connectivity index (χ0) is 17.6. The van der Waals surface area contributed by atoms with E-state index >= 15 is 0 Å². The van der Waals surface area contributed by atoms with Crippen molar-refractivity contribution in [3.63, 3.8) is 0 Å². The fraction of sp³-hybridized carbons (Fsp3) is 0.529. The van der Waals surface area contributed by atoms with E-state index in [1.54, 1.807) is 0 Å². The summed E-state index contributed by atoms with van der Waals surface area (Å²) >= 11 is 0. The maximum Gasteiger partial charge on any atom is 0.220 e. The first-order valence-electron chi connectivity index (χ1n) is 7.51. The van der Waals surface area contributed by atoms with Gasteiger partial charge in [0.2, 0.25) is 5.91 Å². The van der Waals surface area contributed by atoms with Crippen LogP contribution in [0.5, 0.6) is 0 Å². The van der Waals surface area contributed by atoms with Crippen molar-refractivity contribution in [2.24, 2.45) is 5.41 Å². The molecular formula is C17H23F2NO3. The molecule has 23 heavy (non-hydrogen) atoms. The topological polar surface area (TPSA) is 66.4 Å². The summed E-state index contributed by atoms with van der Waals surface area (Å²) in [5, 5.41) is 11.9. The van der Waals surface area contributed by atoms with Crippen LogP contribution in [0.25, 0.3) is 0 Å². The van der Waals surface area contributed by atoms with Crippen LogP contribution in [0, 0.1) is 17.0 Å². The van der Waals surface area contributed by atoms with Gasteiger partial charge in [-0.3, -0.25) is 9.59 Å². The third-order valence-electron chi connectivity index (χ3n) is 3.25. The highest BCUT2D eigenvalue weighted by Gasteiger charge is 2.20. The number of hydrogen-bond donors (Lipinski definition) is 2. The van der Waals surface area contributed by atoms with Gasteiger partial charge in [-0.2, -0.15) is 0 Å². The van der Waals surface area contributed by atoms with E-state index in [0.717, 1.165) is 12.1 Å². The lowest BCUT2D eigenvalue weighted by atomic mass is 9.88. The molecule has 0 aliphatic rings. The Kier molecular flexibility index (Phi) is 6.81. The Balaban J connectivity index is 2.53. The normalized spacial score (nSPS) is 12.8. The zero-order valence-corrected chi connectivity index (χ0v) is 13.7. The number of carbonyl (C=O) groups excluding carboxylic acids is 2. The van der Waals surface area contributed by atoms with Gasteiger partial charge in [0, 0.05) is 18.9 Å². The number of halogens is 2. The van der Waals surface area contributed by atoms with Crippen molar-refractivity contribution in [3.05, 3.63) is 35.4 Å². The van der Waals surface area contributed by atoms with E-state index in [1.165, 1.54) is 0 Å². The summed E-state index contributed by atoms with van der Waals surface area (Å²) < 4.78 is 26.3. The first-order valence-corrected chi connectivity index (χ1v) is 7.51. The van der Waals surface area contributed by atoms with Gasteiger partial charge in [0.15, 0.2) is 5.78 Å². The van der Waals surface area contributed by atoms with Crippen molar-refractivity contribution in [1.29, 1.82) is 0 Å². The largest absolute Gasteiger partial charge is 0.394 e. The molecule has 0 spiro atoms. The molecule has 1 unspecified atom stereocenters. The first-order chi connectivity index (χ1) is 10.6. The van der Waals surface area contributed by atoms with E-state index in [4.69, 9.17) is 0 Å². The number of amides is 1. The molecule has 0 radical (unpaired) electrons. The van der Waals surface area contributed by atoms with Crippen molar-refractivity contribution >= 4 is 11.7 Å². The third-order valence-corrected chi connectivity index (χ3v) is 3.25. The number of Topliss-reactive ketones (excluding diaryl/α,β-unsaturated/α-hetero) is 1. The molecule has 0 aliphatic carbocycles. The minimum Gasteiger partial charge on any atom is -0.394 e. The molecule has 2 N–H and O–H groups in total. The highest BCUT2D eigenvalue weighted by atomic mass is 19.1. The summed E-state index contributed by atoms with van der Waals surface area (Å²) in [5.74, 6) is -2.64. The van der Waals surface area contributed by atoms with Crippen LogP contribution in [-0.4, -0.2) is 29.4 Å². The molecule has 1 amide bonds. The first kappa shape index (κ1) is 19.2. The van der Waals surface area contributed by atoms with Crippen LogP contribution >= 0.6 is 0 Å². The lowest BCUT2D eigenvalue weighted by Crippen LogP contribution is -2.40. The smallest absolute Gasteiger partial charge is 0.220 e. The van der Waals surface area contributed by atoms with Gasteiger partial charge in [0.25, 0.3) is 0 Å². The molecule has 4 nitrogen and oxygen atoms in total. The van der Waals surface area contributed by atoms with Crippen molar-refractivity contribution in [2.75, 3.05) is 6.61 Å². The van der Waals surface area contributed by atoms with E-state index < -0.39 is 17.4 Å². The van der Waals surface area contributed by atoms with Crippen molar-refractivity contribution in [2.45, 2.75) is 46.1 Å². The van der Waals surface area contributed by atoms with E-state index in [9.17, 15) is 23.5 Å². The van der Waals surface area contributed by atoms with E-state index in [0.29, 0.717) is 12.5 Å². The third kappa shape index (κ3) is 6.86. The molecule has 6 heteroatoms. The van der Waals surface area contributed by atoms with Gasteiger partial charge in [-0.15, -0.1) is 0 Å². The van der Waals surface area contributed by atoms with Gasteiger partial charge in [-0.1, -0.05) is 20.8 Å². The van der Waals surface area contributed by atoms with Crippen LogP contribution in [0.4, 0.5) is 8.78 Å². The number of rotatable bonds is 7. The van der Waals surface area contributed by atoms with Crippen LogP contribution in [0.15, 0.2) is 18.2 Å². The number of nitrogens with one attached hydrogen (secondary N) is 1. The molecule has 0 saturated carbocycles. The molecular weight excluding hydrogens is 304 g/mol. The summed E-state index contributed by atoms with van der Waals surface area (Å²) in [6.45, 7) is 5.78. The molecule has 0 fully saturated rings. The zero-order valence-electron chi connectivity index (χ0n) is 13.7. The lowest BCUT2D eigenvalue weighted by Gasteiger charge is -2.25. The molecule has 0 aromatic heterocycles. The number of carbonyl (C=O) groups is 2. The molecule has 1 aromatic carbocycles. The highest BCUT2D eigenvalue weighted by Crippen LogP contribution is 2.20. The summed E-state index contributed by atoms with van der Waals surface area (Å²) in [6, 6.07) is 2.32. The predicted molar refractivity (Wildman–Crippen MR) is 83.0 cm³/mol. The average Bonchev–Trinajstić information content (AvgIpc) is 2.42. The quantitative estimate of drug-likeness (QED) is 0.757. The monoisotopic (exact) mass is 327 g/mol. The Morgan fingerprint density at radius 2 is 1.87 bits per heavy atom. The van der Waals surface area contributed by atoms with E-state index in [-0.39, 0.29) is 42.4 Å². The Hall–Kier alpha value is -1.82. The Morgan fingerprint density at radius 1 is 1.22 bits per heavy atom. The van der Waals surface area contributed by atoms with Gasteiger partial charge < -0.3 is 10.4 Å². The molecule has 0 saturated heterocycles. The Labute approximate surface area is 134 Å².